The molecule has 3 rings (SSSR count). The van der Waals surface area contributed by atoms with Crippen molar-refractivity contribution in [2.75, 3.05) is 53.1 Å². The molecule has 0 radical (unpaired) electrons. The molecule has 0 saturated carbocycles. The fourth-order valence-corrected chi connectivity index (χ4v) is 4.64. The highest BCUT2D eigenvalue weighted by atomic mass is 35.5. The predicted octanol–water partition coefficient (Wildman–Crippen LogP) is 5.31. The molecule has 0 bridgehead atoms. The first kappa shape index (κ1) is 30.1. The molecule has 188 valence electrons. The molecule has 5 nitrogen and oxygen atoms in total. The second kappa shape index (κ2) is 15.9. The van der Waals surface area contributed by atoms with Gasteiger partial charge in [-0.1, -0.05) is 50.0 Å². The number of benzene rings is 2. The Morgan fingerprint density at radius 3 is 2.32 bits per heavy atom. The fraction of sp³-hybridized carbons (Fsp3) is 0.423. The molecule has 1 saturated heterocycles. The molecule has 1 aliphatic rings. The second-order valence-corrected chi connectivity index (χ2v) is 10.3. The van der Waals surface area contributed by atoms with Gasteiger partial charge in [-0.3, -0.25) is 4.79 Å². The van der Waals surface area contributed by atoms with Crippen molar-refractivity contribution in [2.45, 2.75) is 25.2 Å². The van der Waals surface area contributed by atoms with Crippen LogP contribution in [0.25, 0.3) is 10.8 Å². The van der Waals surface area contributed by atoms with Gasteiger partial charge in [-0.25, -0.2) is 0 Å². The SMILES string of the molecule is C=CN(C)C(=S)NC.C=S(CCC(=O)N1CCN(C)CC1)c1ccc2cc(Cl)ccc2c1.CC. The number of halogens is 1. The van der Waals surface area contributed by atoms with Crippen LogP contribution in [0.5, 0.6) is 0 Å². The maximum atomic E-state index is 12.4. The van der Waals surface area contributed by atoms with E-state index >= 15 is 0 Å². The second-order valence-electron chi connectivity index (χ2n) is 7.63. The van der Waals surface area contributed by atoms with Crippen LogP contribution in [-0.4, -0.2) is 84.7 Å². The zero-order chi connectivity index (χ0) is 25.7. The number of carbonyl (C=O) groups excluding carboxylic acids is 1. The Balaban J connectivity index is 0.000000493. The van der Waals surface area contributed by atoms with E-state index in [4.69, 9.17) is 23.8 Å². The number of rotatable bonds is 5. The van der Waals surface area contributed by atoms with Gasteiger partial charge in [0, 0.05) is 62.4 Å². The average Bonchev–Trinajstić information content (AvgIpc) is 2.87. The van der Waals surface area contributed by atoms with Gasteiger partial charge in [-0.2, -0.15) is 10.5 Å². The van der Waals surface area contributed by atoms with E-state index in [1.807, 2.05) is 44.0 Å². The standard InChI is InChI=1S/C19H23ClN2OS.C5H10N2S.C2H6/c1-21-8-10-22(11-9-21)19(23)7-12-24(2)18-6-4-15-13-17(20)5-3-16(15)14-18;1-4-7(3)5(8)6-2;1-2/h3-6,13-14H,2,7-12H2,1H3;4H,1H2,2-3H3,(H,6,8);1-2H3. The third-order valence-electron chi connectivity index (χ3n) is 5.33. The monoisotopic (exact) mass is 522 g/mol. The first-order valence-corrected chi connectivity index (χ1v) is 13.8. The lowest BCUT2D eigenvalue weighted by Crippen LogP contribution is -2.47. The van der Waals surface area contributed by atoms with Crippen molar-refractivity contribution in [3.05, 3.63) is 54.2 Å². The van der Waals surface area contributed by atoms with Gasteiger partial charge < -0.3 is 20.0 Å². The number of fused-ring (bicyclic) bond motifs is 1. The minimum atomic E-state index is -0.168. The molecule has 2 aromatic carbocycles. The first-order chi connectivity index (χ1) is 16.2. The molecule has 1 atom stereocenters. The molecular formula is C26H39ClN4OS2. The highest BCUT2D eigenvalue weighted by Gasteiger charge is 2.18. The summed E-state index contributed by atoms with van der Waals surface area (Å²) in [6, 6.07) is 12.3. The summed E-state index contributed by atoms with van der Waals surface area (Å²) in [6.07, 6.45) is 2.23. The number of carbonyl (C=O) groups is 1. The number of piperazine rings is 1. The molecular weight excluding hydrogens is 484 g/mol. The van der Waals surface area contributed by atoms with Gasteiger partial charge in [0.25, 0.3) is 0 Å². The molecule has 1 amide bonds. The van der Waals surface area contributed by atoms with Crippen LogP contribution in [-0.2, 0) is 4.79 Å². The lowest BCUT2D eigenvalue weighted by molar-refractivity contribution is -0.132. The molecule has 1 aliphatic heterocycles. The average molecular weight is 523 g/mol. The van der Waals surface area contributed by atoms with Crippen molar-refractivity contribution >= 4 is 62.0 Å². The van der Waals surface area contributed by atoms with Crippen molar-refractivity contribution < 1.29 is 4.79 Å². The zero-order valence-electron chi connectivity index (χ0n) is 21.1. The largest absolute Gasteiger partial charge is 0.365 e. The number of likely N-dealkylation sites (N-methyl/N-ethyl adjacent to an activating group) is 1. The van der Waals surface area contributed by atoms with E-state index in [0.717, 1.165) is 42.3 Å². The molecule has 0 aromatic heterocycles. The molecule has 0 spiro atoms. The van der Waals surface area contributed by atoms with E-state index in [2.05, 4.69) is 47.9 Å². The predicted molar refractivity (Wildman–Crippen MR) is 156 cm³/mol. The van der Waals surface area contributed by atoms with Gasteiger partial charge in [0.05, 0.1) is 0 Å². The Morgan fingerprint density at radius 1 is 1.18 bits per heavy atom. The van der Waals surface area contributed by atoms with E-state index in [1.165, 1.54) is 10.3 Å². The van der Waals surface area contributed by atoms with Crippen LogP contribution in [0.2, 0.25) is 5.02 Å². The maximum absolute atomic E-state index is 12.4. The van der Waals surface area contributed by atoms with Gasteiger partial charge in [-0.15, -0.1) is 0 Å². The van der Waals surface area contributed by atoms with Crippen molar-refractivity contribution in [3.63, 3.8) is 0 Å². The number of amides is 1. The van der Waals surface area contributed by atoms with E-state index in [0.29, 0.717) is 11.5 Å². The molecule has 8 heteroatoms. The number of hydrogen-bond acceptors (Lipinski definition) is 3. The Morgan fingerprint density at radius 2 is 1.76 bits per heavy atom. The lowest BCUT2D eigenvalue weighted by Gasteiger charge is -2.32. The van der Waals surface area contributed by atoms with Crippen LogP contribution < -0.4 is 5.32 Å². The minimum Gasteiger partial charge on any atom is -0.365 e. The van der Waals surface area contributed by atoms with Crippen LogP contribution >= 0.6 is 34.3 Å². The summed E-state index contributed by atoms with van der Waals surface area (Å²) < 4.78 is 0. The summed E-state index contributed by atoms with van der Waals surface area (Å²) in [5, 5.41) is 6.54. The highest BCUT2D eigenvalue weighted by molar-refractivity contribution is 8.14. The summed E-state index contributed by atoms with van der Waals surface area (Å²) in [5.74, 6) is 5.36. The van der Waals surface area contributed by atoms with E-state index in [-0.39, 0.29) is 16.4 Å². The minimum absolute atomic E-state index is 0.168. The van der Waals surface area contributed by atoms with Gasteiger partial charge >= 0.3 is 0 Å². The van der Waals surface area contributed by atoms with Crippen molar-refractivity contribution in [3.8, 4) is 0 Å². The normalized spacial score (nSPS) is 14.1. The van der Waals surface area contributed by atoms with Gasteiger partial charge in [0.1, 0.15) is 0 Å². The van der Waals surface area contributed by atoms with Crippen LogP contribution in [0.1, 0.15) is 20.3 Å². The molecule has 0 aliphatic carbocycles. The van der Waals surface area contributed by atoms with Crippen LogP contribution in [0, 0.1) is 0 Å². The smallest absolute Gasteiger partial charge is 0.223 e. The molecule has 2 aromatic rings. The molecule has 1 fully saturated rings. The Hall–Kier alpha value is -1.93. The molecule has 1 N–H and O–H groups in total. The number of nitrogens with one attached hydrogen (secondary N) is 1. The summed E-state index contributed by atoms with van der Waals surface area (Å²) in [5.41, 5.74) is 0. The summed E-state index contributed by atoms with van der Waals surface area (Å²) >= 11 is 10.9. The summed E-state index contributed by atoms with van der Waals surface area (Å²) in [4.78, 5) is 19.5. The van der Waals surface area contributed by atoms with E-state index in [1.54, 1.807) is 18.1 Å². The number of nitrogens with zero attached hydrogens (tertiary/aromatic N) is 3. The molecule has 34 heavy (non-hydrogen) atoms. The summed E-state index contributed by atoms with van der Waals surface area (Å²) in [6.45, 7) is 11.2. The Kier molecular flexibility index (Phi) is 14.1. The number of thiocarbonyl (C=S) groups is 1. The van der Waals surface area contributed by atoms with E-state index < -0.39 is 0 Å². The quantitative estimate of drug-likeness (QED) is 0.539. The lowest BCUT2D eigenvalue weighted by atomic mass is 10.1. The fourth-order valence-electron chi connectivity index (χ4n) is 3.18. The highest BCUT2D eigenvalue weighted by Crippen LogP contribution is 2.30. The maximum Gasteiger partial charge on any atom is 0.223 e. The van der Waals surface area contributed by atoms with Gasteiger partial charge in [-0.05, 0) is 60.5 Å². The zero-order valence-corrected chi connectivity index (χ0v) is 23.5. The van der Waals surface area contributed by atoms with Gasteiger partial charge in [0.2, 0.25) is 5.91 Å². The van der Waals surface area contributed by atoms with Crippen LogP contribution in [0.4, 0.5) is 0 Å². The molecule has 1 unspecified atom stereocenters. The van der Waals surface area contributed by atoms with Crippen molar-refractivity contribution in [2.24, 2.45) is 0 Å². The van der Waals surface area contributed by atoms with Crippen molar-refractivity contribution in [1.82, 2.24) is 20.0 Å². The van der Waals surface area contributed by atoms with Crippen LogP contribution in [0.3, 0.4) is 0 Å². The first-order valence-electron chi connectivity index (χ1n) is 11.5. The third kappa shape index (κ3) is 9.74. The Bertz CT molecular complexity index is 974. The van der Waals surface area contributed by atoms with Gasteiger partial charge in [0.15, 0.2) is 5.11 Å². The van der Waals surface area contributed by atoms with Crippen LogP contribution in [0.15, 0.2) is 54.1 Å². The Labute approximate surface area is 218 Å². The number of hydrogen-bond donors (Lipinski definition) is 1. The van der Waals surface area contributed by atoms with E-state index in [9.17, 15) is 4.79 Å². The summed E-state index contributed by atoms with van der Waals surface area (Å²) in [7, 11) is 5.55. The molecule has 1 heterocycles. The third-order valence-corrected chi connectivity index (χ3v) is 7.68. The topological polar surface area (TPSA) is 38.8 Å². The van der Waals surface area contributed by atoms with Crippen molar-refractivity contribution in [1.29, 1.82) is 0 Å².